The number of carbonyl (C=O) groups is 1. The van der Waals surface area contributed by atoms with Crippen LogP contribution in [0.3, 0.4) is 0 Å². The molecule has 7 heteroatoms. The Morgan fingerprint density at radius 2 is 1.86 bits per heavy atom. The molecular formula is C21H26ClN3O3. The zero-order valence-corrected chi connectivity index (χ0v) is 17.4. The van der Waals surface area contributed by atoms with E-state index in [1.807, 2.05) is 19.9 Å². The minimum absolute atomic E-state index is 0.103. The molecule has 0 unspecified atom stereocenters. The lowest BCUT2D eigenvalue weighted by molar-refractivity contribution is -0.123. The van der Waals surface area contributed by atoms with Crippen molar-refractivity contribution in [3.8, 4) is 11.5 Å². The van der Waals surface area contributed by atoms with Gasteiger partial charge in [0.25, 0.3) is 5.91 Å². The summed E-state index contributed by atoms with van der Waals surface area (Å²) in [5.41, 5.74) is 5.61. The predicted molar refractivity (Wildman–Crippen MR) is 114 cm³/mol. The highest BCUT2D eigenvalue weighted by Gasteiger charge is 2.07. The van der Waals surface area contributed by atoms with Crippen molar-refractivity contribution in [2.24, 2.45) is 5.10 Å². The fourth-order valence-electron chi connectivity index (χ4n) is 2.77. The number of aryl methyl sites for hydroxylation is 2. The number of hydrogen-bond acceptors (Lipinski definition) is 5. The standard InChI is InChI=1S/C21H26ClN3O3/c1-5-25(6-2)17-8-7-16(19(26)11-17)12-23-24-20(27)13-28-18-9-14(3)21(22)15(4)10-18/h7-12,26H,5-6,13H2,1-4H3,(H,24,27)/b23-12+. The van der Waals surface area contributed by atoms with E-state index in [1.54, 1.807) is 24.3 Å². The Morgan fingerprint density at radius 3 is 2.43 bits per heavy atom. The van der Waals surface area contributed by atoms with Crippen molar-refractivity contribution in [3.05, 3.63) is 52.0 Å². The second-order valence-electron chi connectivity index (χ2n) is 6.37. The first-order valence-electron chi connectivity index (χ1n) is 9.15. The van der Waals surface area contributed by atoms with Crippen LogP contribution in [0.1, 0.15) is 30.5 Å². The molecule has 0 radical (unpaired) electrons. The molecule has 0 bridgehead atoms. The lowest BCUT2D eigenvalue weighted by atomic mass is 10.1. The second-order valence-corrected chi connectivity index (χ2v) is 6.75. The summed E-state index contributed by atoms with van der Waals surface area (Å²) < 4.78 is 5.48. The second kappa shape index (κ2) is 9.99. The first kappa shape index (κ1) is 21.6. The summed E-state index contributed by atoms with van der Waals surface area (Å²) in [6, 6.07) is 8.91. The Kier molecular flexibility index (Phi) is 7.70. The number of ether oxygens (including phenoxy) is 1. The van der Waals surface area contributed by atoms with Crippen LogP contribution in [0.4, 0.5) is 5.69 Å². The molecule has 0 heterocycles. The van der Waals surface area contributed by atoms with Gasteiger partial charge in [-0.25, -0.2) is 5.43 Å². The van der Waals surface area contributed by atoms with Crippen LogP contribution in [0, 0.1) is 13.8 Å². The van der Waals surface area contributed by atoms with Crippen molar-refractivity contribution in [1.29, 1.82) is 0 Å². The topological polar surface area (TPSA) is 74.2 Å². The largest absolute Gasteiger partial charge is 0.507 e. The summed E-state index contributed by atoms with van der Waals surface area (Å²) in [5.74, 6) is 0.273. The van der Waals surface area contributed by atoms with Crippen LogP contribution < -0.4 is 15.1 Å². The lowest BCUT2D eigenvalue weighted by Gasteiger charge is -2.21. The van der Waals surface area contributed by atoms with Gasteiger partial charge in [-0.3, -0.25) is 4.79 Å². The van der Waals surface area contributed by atoms with E-state index in [0.717, 1.165) is 29.9 Å². The van der Waals surface area contributed by atoms with Crippen LogP contribution in [-0.2, 0) is 4.79 Å². The first-order chi connectivity index (χ1) is 13.3. The van der Waals surface area contributed by atoms with Gasteiger partial charge >= 0.3 is 0 Å². The molecule has 28 heavy (non-hydrogen) atoms. The molecule has 0 fully saturated rings. The highest BCUT2D eigenvalue weighted by atomic mass is 35.5. The van der Waals surface area contributed by atoms with Gasteiger partial charge in [0.05, 0.1) is 6.21 Å². The van der Waals surface area contributed by atoms with E-state index in [9.17, 15) is 9.90 Å². The number of benzene rings is 2. The number of hydrazone groups is 1. The summed E-state index contributed by atoms with van der Waals surface area (Å²) in [4.78, 5) is 14.0. The monoisotopic (exact) mass is 403 g/mol. The molecule has 0 aliphatic heterocycles. The third-order valence-corrected chi connectivity index (χ3v) is 4.91. The van der Waals surface area contributed by atoms with E-state index in [0.29, 0.717) is 16.3 Å². The van der Waals surface area contributed by atoms with E-state index in [-0.39, 0.29) is 12.4 Å². The van der Waals surface area contributed by atoms with Crippen molar-refractivity contribution in [2.75, 3.05) is 24.6 Å². The quantitative estimate of drug-likeness (QED) is 0.515. The smallest absolute Gasteiger partial charge is 0.277 e. The normalized spacial score (nSPS) is 10.9. The number of hydrogen-bond donors (Lipinski definition) is 2. The van der Waals surface area contributed by atoms with Crippen LogP contribution in [0.25, 0.3) is 0 Å². The third kappa shape index (κ3) is 5.63. The number of halogens is 1. The van der Waals surface area contributed by atoms with E-state index >= 15 is 0 Å². The van der Waals surface area contributed by atoms with Crippen molar-refractivity contribution in [3.63, 3.8) is 0 Å². The van der Waals surface area contributed by atoms with Crippen LogP contribution in [0.15, 0.2) is 35.4 Å². The maximum atomic E-state index is 11.9. The number of rotatable bonds is 8. The molecule has 2 aromatic rings. The molecule has 2 N–H and O–H groups in total. The van der Waals surface area contributed by atoms with Crippen molar-refractivity contribution < 1.29 is 14.6 Å². The van der Waals surface area contributed by atoms with Crippen molar-refractivity contribution >= 4 is 29.4 Å². The van der Waals surface area contributed by atoms with Gasteiger partial charge in [0.2, 0.25) is 0 Å². The predicted octanol–water partition coefficient (Wildman–Crippen LogP) is 4.04. The van der Waals surface area contributed by atoms with Gasteiger partial charge in [-0.2, -0.15) is 5.10 Å². The third-order valence-electron chi connectivity index (χ3n) is 4.32. The van der Waals surface area contributed by atoms with Crippen LogP contribution >= 0.6 is 11.6 Å². The summed E-state index contributed by atoms with van der Waals surface area (Å²) in [7, 11) is 0. The summed E-state index contributed by atoms with van der Waals surface area (Å²) in [6.45, 7) is 9.40. The Morgan fingerprint density at radius 1 is 1.21 bits per heavy atom. The molecule has 2 aromatic carbocycles. The van der Waals surface area contributed by atoms with Crippen LogP contribution in [0.2, 0.25) is 5.02 Å². The number of aromatic hydroxyl groups is 1. The molecule has 0 saturated heterocycles. The average Bonchev–Trinajstić information content (AvgIpc) is 2.67. The molecule has 0 aromatic heterocycles. The average molecular weight is 404 g/mol. The molecule has 150 valence electrons. The zero-order chi connectivity index (χ0) is 20.7. The Balaban J connectivity index is 1.91. The molecule has 0 aliphatic rings. The maximum absolute atomic E-state index is 11.9. The van der Waals surface area contributed by atoms with Gasteiger partial charge in [-0.05, 0) is 63.1 Å². The van der Waals surface area contributed by atoms with Gasteiger partial charge < -0.3 is 14.7 Å². The minimum atomic E-state index is -0.402. The molecule has 0 spiro atoms. The molecule has 1 amide bonds. The fourth-order valence-corrected chi connectivity index (χ4v) is 2.88. The SMILES string of the molecule is CCN(CC)c1ccc(/C=N/NC(=O)COc2cc(C)c(Cl)c(C)c2)c(O)c1. The van der Waals surface area contributed by atoms with E-state index in [2.05, 4.69) is 29.3 Å². The Labute approximate surface area is 170 Å². The van der Waals surface area contributed by atoms with E-state index < -0.39 is 5.91 Å². The number of amides is 1. The molecule has 0 aliphatic carbocycles. The summed E-state index contributed by atoms with van der Waals surface area (Å²) in [6.07, 6.45) is 1.40. The number of nitrogens with zero attached hydrogens (tertiary/aromatic N) is 2. The molecule has 0 atom stereocenters. The van der Waals surface area contributed by atoms with Gasteiger partial charge in [0, 0.05) is 35.4 Å². The highest BCUT2D eigenvalue weighted by Crippen LogP contribution is 2.26. The number of anilines is 1. The molecular weight excluding hydrogens is 378 g/mol. The summed E-state index contributed by atoms with van der Waals surface area (Å²) >= 11 is 6.12. The Bertz CT molecular complexity index is 841. The summed E-state index contributed by atoms with van der Waals surface area (Å²) in [5, 5.41) is 14.7. The molecule has 2 rings (SSSR count). The fraction of sp³-hybridized carbons (Fsp3) is 0.333. The number of carbonyl (C=O) groups excluding carboxylic acids is 1. The van der Waals surface area contributed by atoms with Gasteiger partial charge in [-0.1, -0.05) is 11.6 Å². The van der Waals surface area contributed by atoms with Crippen molar-refractivity contribution in [1.82, 2.24) is 5.43 Å². The molecule has 6 nitrogen and oxygen atoms in total. The van der Waals surface area contributed by atoms with Gasteiger partial charge in [-0.15, -0.1) is 0 Å². The zero-order valence-electron chi connectivity index (χ0n) is 16.6. The first-order valence-corrected chi connectivity index (χ1v) is 9.52. The van der Waals surface area contributed by atoms with Gasteiger partial charge in [0.1, 0.15) is 11.5 Å². The number of nitrogens with one attached hydrogen (secondary N) is 1. The number of phenols is 1. The van der Waals surface area contributed by atoms with E-state index in [4.69, 9.17) is 16.3 Å². The van der Waals surface area contributed by atoms with Crippen molar-refractivity contribution in [2.45, 2.75) is 27.7 Å². The van der Waals surface area contributed by atoms with Crippen LogP contribution in [0.5, 0.6) is 11.5 Å². The Hall–Kier alpha value is -2.73. The molecule has 0 saturated carbocycles. The number of phenolic OH excluding ortho intramolecular Hbond substituents is 1. The minimum Gasteiger partial charge on any atom is -0.507 e. The highest BCUT2D eigenvalue weighted by molar-refractivity contribution is 6.32. The lowest BCUT2D eigenvalue weighted by Crippen LogP contribution is -2.24. The maximum Gasteiger partial charge on any atom is 0.277 e. The van der Waals surface area contributed by atoms with Crippen LogP contribution in [-0.4, -0.2) is 36.9 Å². The van der Waals surface area contributed by atoms with Gasteiger partial charge in [0.15, 0.2) is 6.61 Å². The van der Waals surface area contributed by atoms with E-state index in [1.165, 1.54) is 6.21 Å².